The monoisotopic (exact) mass is 401 g/mol. The van der Waals surface area contributed by atoms with Gasteiger partial charge in [0.2, 0.25) is 0 Å². The van der Waals surface area contributed by atoms with Gasteiger partial charge < -0.3 is 10.2 Å². The van der Waals surface area contributed by atoms with Crippen molar-refractivity contribution in [2.45, 2.75) is 32.6 Å². The maximum Gasteiger partial charge on any atom is 0.257 e. The van der Waals surface area contributed by atoms with Crippen molar-refractivity contribution in [1.82, 2.24) is 5.32 Å². The van der Waals surface area contributed by atoms with Crippen LogP contribution < -0.4 is 15.5 Å². The Kier molecular flexibility index (Phi) is 6.34. The third kappa shape index (κ3) is 4.99. The Morgan fingerprint density at radius 1 is 1.11 bits per heavy atom. The number of hydrogen-bond acceptors (Lipinski definition) is 3. The fourth-order valence-electron chi connectivity index (χ4n) is 3.16. The smallest absolute Gasteiger partial charge is 0.257 e. The molecule has 1 amide bonds. The van der Waals surface area contributed by atoms with E-state index in [0.717, 1.165) is 24.5 Å². The van der Waals surface area contributed by atoms with Crippen LogP contribution >= 0.6 is 23.8 Å². The van der Waals surface area contributed by atoms with Crippen LogP contribution in [0.4, 0.5) is 11.4 Å². The van der Waals surface area contributed by atoms with Crippen molar-refractivity contribution in [2.75, 3.05) is 23.3 Å². The fourth-order valence-corrected chi connectivity index (χ4v) is 3.67. The number of rotatable bonds is 4. The van der Waals surface area contributed by atoms with Crippen molar-refractivity contribution in [3.05, 3.63) is 58.6 Å². The summed E-state index contributed by atoms with van der Waals surface area (Å²) >= 11 is 11.7. The molecule has 0 atom stereocenters. The molecule has 0 spiro atoms. The van der Waals surface area contributed by atoms with Crippen LogP contribution in [0, 0.1) is 0 Å². The van der Waals surface area contributed by atoms with Gasteiger partial charge in [0.15, 0.2) is 5.11 Å². The average molecular weight is 402 g/mol. The average Bonchev–Trinajstić information content (AvgIpc) is 3.16. The van der Waals surface area contributed by atoms with Crippen molar-refractivity contribution in [3.63, 3.8) is 0 Å². The summed E-state index contributed by atoms with van der Waals surface area (Å²) in [5.74, 6) is 0.195. The van der Waals surface area contributed by atoms with E-state index < -0.39 is 0 Å². The van der Waals surface area contributed by atoms with Gasteiger partial charge >= 0.3 is 0 Å². The summed E-state index contributed by atoms with van der Waals surface area (Å²) in [7, 11) is 0. The predicted molar refractivity (Wildman–Crippen MR) is 117 cm³/mol. The Bertz CT molecular complexity index is 830. The first kappa shape index (κ1) is 19.6. The van der Waals surface area contributed by atoms with Crippen LogP contribution in [0.5, 0.6) is 0 Å². The first-order valence-electron chi connectivity index (χ1n) is 9.21. The zero-order chi connectivity index (χ0) is 19.4. The van der Waals surface area contributed by atoms with Crippen molar-refractivity contribution >= 4 is 46.2 Å². The standard InChI is InChI=1S/C21H24ClN3OS/c1-14(2)15-5-7-16(8-6-15)20(26)24-21(27)23-17-9-10-19(18(22)13-17)25-11-3-4-12-25/h5-10,13-14H,3-4,11-12H2,1-2H3,(H2,23,24,26,27). The molecule has 0 saturated carbocycles. The topological polar surface area (TPSA) is 44.4 Å². The maximum atomic E-state index is 12.4. The van der Waals surface area contributed by atoms with Crippen LogP contribution in [0.15, 0.2) is 42.5 Å². The summed E-state index contributed by atoms with van der Waals surface area (Å²) in [5, 5.41) is 6.67. The Morgan fingerprint density at radius 3 is 2.37 bits per heavy atom. The van der Waals surface area contributed by atoms with Crippen molar-refractivity contribution in [1.29, 1.82) is 0 Å². The molecular weight excluding hydrogens is 378 g/mol. The van der Waals surface area contributed by atoms with E-state index in [1.807, 2.05) is 42.5 Å². The number of hydrogen-bond donors (Lipinski definition) is 2. The molecule has 0 aromatic heterocycles. The van der Waals surface area contributed by atoms with E-state index >= 15 is 0 Å². The van der Waals surface area contributed by atoms with Crippen LogP contribution in [0.2, 0.25) is 5.02 Å². The number of thiocarbonyl (C=S) groups is 1. The van der Waals surface area contributed by atoms with Gasteiger partial charge in [0.25, 0.3) is 5.91 Å². The fraction of sp³-hybridized carbons (Fsp3) is 0.333. The van der Waals surface area contributed by atoms with Crippen LogP contribution in [0.1, 0.15) is 48.5 Å². The number of carbonyl (C=O) groups is 1. The van der Waals surface area contributed by atoms with Gasteiger partial charge in [-0.1, -0.05) is 37.6 Å². The molecule has 2 aromatic rings. The molecule has 3 rings (SSSR count). The molecule has 27 heavy (non-hydrogen) atoms. The van der Waals surface area contributed by atoms with Crippen molar-refractivity contribution < 1.29 is 4.79 Å². The summed E-state index contributed by atoms with van der Waals surface area (Å²) in [6.45, 7) is 6.32. The minimum absolute atomic E-state index is 0.234. The second kappa shape index (κ2) is 8.72. The molecule has 0 radical (unpaired) electrons. The van der Waals surface area contributed by atoms with E-state index in [2.05, 4.69) is 29.4 Å². The molecule has 1 aliphatic rings. The molecule has 6 heteroatoms. The van der Waals surface area contributed by atoms with E-state index in [9.17, 15) is 4.79 Å². The Hall–Kier alpha value is -2.11. The lowest BCUT2D eigenvalue weighted by atomic mass is 10.0. The van der Waals surface area contributed by atoms with E-state index in [-0.39, 0.29) is 11.0 Å². The quantitative estimate of drug-likeness (QED) is 0.692. The lowest BCUT2D eigenvalue weighted by Crippen LogP contribution is -2.34. The SMILES string of the molecule is CC(C)c1ccc(C(=O)NC(=S)Nc2ccc(N3CCCC3)c(Cl)c2)cc1. The van der Waals surface area contributed by atoms with Gasteiger partial charge in [-0.05, 0) is 66.9 Å². The summed E-state index contributed by atoms with van der Waals surface area (Å²) in [4.78, 5) is 14.6. The Balaban J connectivity index is 1.60. The van der Waals surface area contributed by atoms with Gasteiger partial charge in [-0.25, -0.2) is 0 Å². The zero-order valence-electron chi connectivity index (χ0n) is 15.6. The molecule has 4 nitrogen and oxygen atoms in total. The third-order valence-electron chi connectivity index (χ3n) is 4.72. The number of carbonyl (C=O) groups excluding carboxylic acids is 1. The highest BCUT2D eigenvalue weighted by Gasteiger charge is 2.16. The van der Waals surface area contributed by atoms with Crippen LogP contribution in [-0.4, -0.2) is 24.1 Å². The van der Waals surface area contributed by atoms with Crippen molar-refractivity contribution in [2.24, 2.45) is 0 Å². The first-order valence-corrected chi connectivity index (χ1v) is 9.99. The summed E-state index contributed by atoms with van der Waals surface area (Å²) in [5.41, 5.74) is 3.56. The Morgan fingerprint density at radius 2 is 1.78 bits per heavy atom. The van der Waals surface area contributed by atoms with Crippen LogP contribution in [0.3, 0.4) is 0 Å². The van der Waals surface area contributed by atoms with Crippen molar-refractivity contribution in [3.8, 4) is 0 Å². The van der Waals surface area contributed by atoms with Gasteiger partial charge in [0, 0.05) is 24.3 Å². The summed E-state index contributed by atoms with van der Waals surface area (Å²) < 4.78 is 0. The summed E-state index contributed by atoms with van der Waals surface area (Å²) in [6.07, 6.45) is 2.40. The minimum atomic E-state index is -0.234. The van der Waals surface area contributed by atoms with Gasteiger partial charge in [0.1, 0.15) is 0 Å². The van der Waals surface area contributed by atoms with E-state index in [0.29, 0.717) is 16.5 Å². The van der Waals surface area contributed by atoms with E-state index in [4.69, 9.17) is 23.8 Å². The number of nitrogens with zero attached hydrogens (tertiary/aromatic N) is 1. The molecule has 2 aromatic carbocycles. The molecule has 1 saturated heterocycles. The molecular formula is C21H24ClN3OS. The number of halogens is 1. The number of benzene rings is 2. The van der Waals surface area contributed by atoms with Crippen LogP contribution in [-0.2, 0) is 0 Å². The van der Waals surface area contributed by atoms with E-state index in [1.165, 1.54) is 18.4 Å². The number of nitrogens with one attached hydrogen (secondary N) is 2. The molecule has 2 N–H and O–H groups in total. The highest BCUT2D eigenvalue weighted by atomic mass is 35.5. The lowest BCUT2D eigenvalue weighted by molar-refractivity contribution is 0.0977. The zero-order valence-corrected chi connectivity index (χ0v) is 17.2. The normalized spacial score (nSPS) is 13.7. The van der Waals surface area contributed by atoms with Gasteiger partial charge in [0.05, 0.1) is 10.7 Å². The third-order valence-corrected chi connectivity index (χ3v) is 5.23. The van der Waals surface area contributed by atoms with Crippen LogP contribution in [0.25, 0.3) is 0 Å². The molecule has 1 aliphatic heterocycles. The number of anilines is 2. The van der Waals surface area contributed by atoms with Gasteiger partial charge in [-0.2, -0.15) is 0 Å². The lowest BCUT2D eigenvalue weighted by Gasteiger charge is -2.20. The van der Waals surface area contributed by atoms with E-state index in [1.54, 1.807) is 0 Å². The second-order valence-electron chi connectivity index (χ2n) is 7.05. The predicted octanol–water partition coefficient (Wildman–Crippen LogP) is 5.19. The first-order chi connectivity index (χ1) is 12.9. The maximum absolute atomic E-state index is 12.4. The Labute approximate surface area is 170 Å². The summed E-state index contributed by atoms with van der Waals surface area (Å²) in [6, 6.07) is 13.3. The molecule has 0 unspecified atom stereocenters. The second-order valence-corrected chi connectivity index (χ2v) is 7.86. The highest BCUT2D eigenvalue weighted by molar-refractivity contribution is 7.80. The molecule has 0 bridgehead atoms. The molecule has 142 valence electrons. The molecule has 1 fully saturated rings. The molecule has 0 aliphatic carbocycles. The largest absolute Gasteiger partial charge is 0.370 e. The van der Waals surface area contributed by atoms with Gasteiger partial charge in [-0.15, -0.1) is 0 Å². The highest BCUT2D eigenvalue weighted by Crippen LogP contribution is 2.31. The van der Waals surface area contributed by atoms with Gasteiger partial charge in [-0.3, -0.25) is 10.1 Å². The number of amides is 1. The minimum Gasteiger partial charge on any atom is -0.370 e. The molecule has 1 heterocycles.